The van der Waals surface area contributed by atoms with Crippen molar-refractivity contribution in [1.29, 1.82) is 0 Å². The molecular weight excluding hydrogens is 262 g/mol. The standard InChI is InChI=1S/C11H14F2N2O4/c1-18-11(17)15-3-2-6(4-7(15)10(12)13)8-5-9(16)14-19-8/h5-7,10H,2-4H2,1H3,(H,14,16)/t6-,7+/m0/s1. The van der Waals surface area contributed by atoms with Crippen molar-refractivity contribution in [3.63, 3.8) is 0 Å². The predicted molar refractivity (Wildman–Crippen MR) is 60.2 cm³/mol. The Hall–Kier alpha value is -1.86. The lowest BCUT2D eigenvalue weighted by atomic mass is 9.89. The van der Waals surface area contributed by atoms with E-state index in [-0.39, 0.29) is 18.9 Å². The maximum Gasteiger partial charge on any atom is 0.409 e. The van der Waals surface area contributed by atoms with Crippen LogP contribution in [0.25, 0.3) is 0 Å². The molecule has 0 spiro atoms. The number of piperidine rings is 1. The summed E-state index contributed by atoms with van der Waals surface area (Å²) in [7, 11) is 1.15. The number of hydrogen-bond acceptors (Lipinski definition) is 4. The average Bonchev–Trinajstić information content (AvgIpc) is 2.83. The topological polar surface area (TPSA) is 75.5 Å². The molecule has 1 aliphatic rings. The van der Waals surface area contributed by atoms with Gasteiger partial charge >= 0.3 is 6.09 Å². The largest absolute Gasteiger partial charge is 0.453 e. The molecule has 19 heavy (non-hydrogen) atoms. The van der Waals surface area contributed by atoms with Gasteiger partial charge in [0.05, 0.1) is 13.2 Å². The molecule has 0 saturated carbocycles. The molecule has 8 heteroatoms. The van der Waals surface area contributed by atoms with E-state index in [0.717, 1.165) is 12.0 Å². The van der Waals surface area contributed by atoms with Crippen molar-refractivity contribution in [3.8, 4) is 0 Å². The van der Waals surface area contributed by atoms with Gasteiger partial charge in [-0.1, -0.05) is 0 Å². The van der Waals surface area contributed by atoms with E-state index in [4.69, 9.17) is 4.52 Å². The van der Waals surface area contributed by atoms with Crippen molar-refractivity contribution >= 4 is 6.09 Å². The van der Waals surface area contributed by atoms with E-state index in [1.807, 2.05) is 0 Å². The Morgan fingerprint density at radius 2 is 2.37 bits per heavy atom. The van der Waals surface area contributed by atoms with Crippen LogP contribution in [0.4, 0.5) is 13.6 Å². The summed E-state index contributed by atoms with van der Waals surface area (Å²) in [6.07, 6.45) is -2.96. The molecule has 0 aromatic carbocycles. The number of rotatable bonds is 2. The maximum atomic E-state index is 13.0. The molecule has 1 aliphatic heterocycles. The van der Waals surface area contributed by atoms with Crippen LogP contribution in [0.3, 0.4) is 0 Å². The first-order chi connectivity index (χ1) is 9.02. The number of aromatic nitrogens is 1. The lowest BCUT2D eigenvalue weighted by molar-refractivity contribution is -0.00145. The smallest absolute Gasteiger partial charge is 0.409 e. The highest BCUT2D eigenvalue weighted by Gasteiger charge is 2.39. The van der Waals surface area contributed by atoms with Crippen LogP contribution in [0.15, 0.2) is 15.4 Å². The van der Waals surface area contributed by atoms with Gasteiger partial charge in [0.2, 0.25) is 0 Å². The van der Waals surface area contributed by atoms with Crippen LogP contribution in [-0.4, -0.2) is 42.3 Å². The summed E-state index contributed by atoms with van der Waals surface area (Å²) in [6.45, 7) is 0.140. The summed E-state index contributed by atoms with van der Waals surface area (Å²) in [5.74, 6) is 0.0408. The van der Waals surface area contributed by atoms with E-state index in [1.165, 1.54) is 6.07 Å². The van der Waals surface area contributed by atoms with E-state index in [1.54, 1.807) is 0 Å². The van der Waals surface area contributed by atoms with Gasteiger partial charge in [-0.15, -0.1) is 0 Å². The van der Waals surface area contributed by atoms with Gasteiger partial charge in [-0.2, -0.15) is 5.16 Å². The van der Waals surface area contributed by atoms with Crippen LogP contribution in [0.2, 0.25) is 0 Å². The van der Waals surface area contributed by atoms with Crippen LogP contribution < -0.4 is 5.56 Å². The molecule has 2 atom stereocenters. The minimum absolute atomic E-state index is 0.0353. The number of methoxy groups -OCH3 is 1. The Labute approximate surface area is 107 Å². The van der Waals surface area contributed by atoms with Gasteiger partial charge in [-0.3, -0.25) is 9.69 Å². The SMILES string of the molecule is COC(=O)N1CC[C@H](c2cc(=O)[nH]o2)C[C@@H]1C(F)F. The van der Waals surface area contributed by atoms with Crippen molar-refractivity contribution in [2.24, 2.45) is 0 Å². The molecule has 0 aliphatic carbocycles. The van der Waals surface area contributed by atoms with E-state index in [0.29, 0.717) is 12.2 Å². The molecule has 2 rings (SSSR count). The summed E-state index contributed by atoms with van der Waals surface area (Å²) in [5, 5.41) is 2.13. The maximum absolute atomic E-state index is 13.0. The van der Waals surface area contributed by atoms with Crippen LogP contribution >= 0.6 is 0 Å². The minimum Gasteiger partial charge on any atom is -0.453 e. The first-order valence-electron chi connectivity index (χ1n) is 5.84. The fraction of sp³-hybridized carbons (Fsp3) is 0.636. The van der Waals surface area contributed by atoms with Crippen molar-refractivity contribution in [1.82, 2.24) is 10.1 Å². The van der Waals surface area contributed by atoms with Gasteiger partial charge in [0.1, 0.15) is 5.76 Å². The number of alkyl halides is 2. The van der Waals surface area contributed by atoms with Crippen LogP contribution in [0, 0.1) is 0 Å². The molecule has 106 valence electrons. The Morgan fingerprint density at radius 1 is 1.63 bits per heavy atom. The number of ether oxygens (including phenoxy) is 1. The highest BCUT2D eigenvalue weighted by molar-refractivity contribution is 5.68. The quantitative estimate of drug-likeness (QED) is 0.889. The summed E-state index contributed by atoms with van der Waals surface area (Å²) in [6, 6.07) is 0.0208. The zero-order valence-electron chi connectivity index (χ0n) is 10.3. The lowest BCUT2D eigenvalue weighted by Gasteiger charge is -2.37. The predicted octanol–water partition coefficient (Wildman–Crippen LogP) is 1.55. The Morgan fingerprint density at radius 3 is 2.89 bits per heavy atom. The van der Waals surface area contributed by atoms with Gasteiger partial charge in [0.25, 0.3) is 12.0 Å². The first-order valence-corrected chi connectivity index (χ1v) is 5.84. The monoisotopic (exact) mass is 276 g/mol. The zero-order chi connectivity index (χ0) is 14.0. The van der Waals surface area contributed by atoms with Gasteiger partial charge in [0.15, 0.2) is 0 Å². The fourth-order valence-electron chi connectivity index (χ4n) is 2.34. The molecule has 1 aromatic rings. The molecule has 0 unspecified atom stereocenters. The summed E-state index contributed by atoms with van der Waals surface area (Å²) < 4.78 is 35.4. The third kappa shape index (κ3) is 2.77. The highest BCUT2D eigenvalue weighted by atomic mass is 19.3. The third-order valence-electron chi connectivity index (χ3n) is 3.29. The molecular formula is C11H14F2N2O4. The molecule has 1 saturated heterocycles. The number of likely N-dealkylation sites (tertiary alicyclic amines) is 1. The molecule has 6 nitrogen and oxygen atoms in total. The number of carbonyl (C=O) groups is 1. The normalized spacial score (nSPS) is 23.7. The number of amides is 1. The van der Waals surface area contributed by atoms with Crippen LogP contribution in [-0.2, 0) is 4.74 Å². The molecule has 1 amide bonds. The molecule has 1 fully saturated rings. The van der Waals surface area contributed by atoms with E-state index >= 15 is 0 Å². The van der Waals surface area contributed by atoms with Crippen molar-refractivity contribution in [2.45, 2.75) is 31.2 Å². The second-order valence-corrected chi connectivity index (χ2v) is 4.40. The lowest BCUT2D eigenvalue weighted by Crippen LogP contribution is -2.49. The summed E-state index contributed by atoms with van der Waals surface area (Å²) in [5.41, 5.74) is -0.404. The Bertz CT molecular complexity index is 499. The minimum atomic E-state index is -2.67. The van der Waals surface area contributed by atoms with Gasteiger partial charge in [-0.05, 0) is 12.8 Å². The first kappa shape index (κ1) is 13.6. The highest BCUT2D eigenvalue weighted by Crippen LogP contribution is 2.33. The summed E-state index contributed by atoms with van der Waals surface area (Å²) in [4.78, 5) is 23.4. The van der Waals surface area contributed by atoms with E-state index in [2.05, 4.69) is 9.89 Å². The Kier molecular flexibility index (Phi) is 3.87. The van der Waals surface area contributed by atoms with Crippen molar-refractivity contribution in [3.05, 3.63) is 22.2 Å². The molecule has 1 aromatic heterocycles. The average molecular weight is 276 g/mol. The van der Waals surface area contributed by atoms with Crippen LogP contribution in [0.5, 0.6) is 0 Å². The number of aromatic amines is 1. The van der Waals surface area contributed by atoms with Gasteiger partial charge in [0, 0.05) is 18.5 Å². The molecule has 0 radical (unpaired) electrons. The Balaban J connectivity index is 2.14. The molecule has 2 heterocycles. The molecule has 0 bridgehead atoms. The number of carbonyl (C=O) groups excluding carboxylic acids is 1. The number of nitrogens with one attached hydrogen (secondary N) is 1. The van der Waals surface area contributed by atoms with Crippen LogP contribution in [0.1, 0.15) is 24.5 Å². The van der Waals surface area contributed by atoms with E-state index in [9.17, 15) is 18.4 Å². The fourth-order valence-corrected chi connectivity index (χ4v) is 2.34. The van der Waals surface area contributed by atoms with E-state index < -0.39 is 24.1 Å². The third-order valence-corrected chi connectivity index (χ3v) is 3.29. The second kappa shape index (κ2) is 5.41. The second-order valence-electron chi connectivity index (χ2n) is 4.40. The zero-order valence-corrected chi connectivity index (χ0v) is 10.3. The number of halogens is 2. The number of H-pyrrole nitrogens is 1. The van der Waals surface area contributed by atoms with Crippen molar-refractivity contribution < 1.29 is 22.8 Å². The number of nitrogens with zero attached hydrogens (tertiary/aromatic N) is 1. The van der Waals surface area contributed by atoms with Crippen molar-refractivity contribution in [2.75, 3.05) is 13.7 Å². The number of hydrogen-bond donors (Lipinski definition) is 1. The molecule has 1 N–H and O–H groups in total. The van der Waals surface area contributed by atoms with Gasteiger partial charge < -0.3 is 9.26 Å². The summed E-state index contributed by atoms with van der Waals surface area (Å²) >= 11 is 0. The van der Waals surface area contributed by atoms with Gasteiger partial charge in [-0.25, -0.2) is 13.6 Å².